The van der Waals surface area contributed by atoms with Gasteiger partial charge in [0.25, 0.3) is 0 Å². The molecule has 0 radical (unpaired) electrons. The van der Waals surface area contributed by atoms with Crippen LogP contribution in [-0.2, 0) is 15.1 Å². The second-order valence-electron chi connectivity index (χ2n) is 9.32. The van der Waals surface area contributed by atoms with E-state index in [1.807, 2.05) is 0 Å². The standard InChI is InChI=1S/C23H28N4O5/c28-21(23(30,17-5-1-2-6-17)19-7-4-14-31-19)32-18-15-27(12-9-16(18)10-13-27)22(29)25-20-8-3-11-24-26-20/h3-4,7-8,11,14,16-18,30H,1-2,5-6,9-10,12-13,15H2/p+1/t16?,18-,23?,27?/m0/s1. The summed E-state index contributed by atoms with van der Waals surface area (Å²) in [5, 5.41) is 22.1. The van der Waals surface area contributed by atoms with Gasteiger partial charge in [-0.05, 0) is 37.1 Å². The molecule has 1 unspecified atom stereocenters. The van der Waals surface area contributed by atoms with Crippen LogP contribution in [-0.4, -0.2) is 57.5 Å². The number of carbonyl (C=O) groups excluding carboxylic acids is 2. The summed E-state index contributed by atoms with van der Waals surface area (Å²) in [6.07, 6.45) is 7.60. The van der Waals surface area contributed by atoms with Crippen molar-refractivity contribution in [3.63, 3.8) is 0 Å². The lowest BCUT2D eigenvalue weighted by molar-refractivity contribution is -0.869. The van der Waals surface area contributed by atoms with Gasteiger partial charge >= 0.3 is 12.0 Å². The van der Waals surface area contributed by atoms with E-state index in [2.05, 4.69) is 15.5 Å². The maximum Gasteiger partial charge on any atom is 0.422 e. The van der Waals surface area contributed by atoms with E-state index >= 15 is 0 Å². The van der Waals surface area contributed by atoms with Crippen molar-refractivity contribution in [2.24, 2.45) is 11.8 Å². The summed E-state index contributed by atoms with van der Waals surface area (Å²) in [4.78, 5) is 26.6. The molecule has 2 N–H and O–H groups in total. The zero-order chi connectivity index (χ0) is 22.2. The topological polar surface area (TPSA) is 115 Å². The van der Waals surface area contributed by atoms with Crippen molar-refractivity contribution in [3.8, 4) is 0 Å². The third-order valence-electron chi connectivity index (χ3n) is 7.56. The fourth-order valence-electron chi connectivity index (χ4n) is 5.68. The number of fused-ring (bicyclic) bond motifs is 3. The number of rotatable bonds is 5. The number of hydrogen-bond acceptors (Lipinski definition) is 7. The first-order chi connectivity index (χ1) is 15.5. The van der Waals surface area contributed by atoms with Crippen LogP contribution in [0.4, 0.5) is 10.6 Å². The summed E-state index contributed by atoms with van der Waals surface area (Å²) in [6, 6.07) is 6.56. The smallest absolute Gasteiger partial charge is 0.422 e. The van der Waals surface area contributed by atoms with Gasteiger partial charge in [0.1, 0.15) is 12.3 Å². The molecule has 3 aliphatic heterocycles. The number of urea groups is 1. The Bertz CT molecular complexity index is 952. The van der Waals surface area contributed by atoms with Gasteiger partial charge in [-0.15, -0.1) is 5.10 Å². The average molecular weight is 442 g/mol. The second-order valence-corrected chi connectivity index (χ2v) is 9.32. The number of carbonyl (C=O) groups is 2. The minimum Gasteiger partial charge on any atom is -0.466 e. The fraction of sp³-hybridized carbons (Fsp3) is 0.565. The lowest BCUT2D eigenvalue weighted by Crippen LogP contribution is -2.68. The number of nitrogens with one attached hydrogen (secondary N) is 1. The molecule has 2 bridgehead atoms. The molecule has 4 aliphatic rings. The van der Waals surface area contributed by atoms with E-state index in [-0.39, 0.29) is 28.1 Å². The zero-order valence-electron chi connectivity index (χ0n) is 18.0. The predicted octanol–water partition coefficient (Wildman–Crippen LogP) is 2.83. The average Bonchev–Trinajstić information content (AvgIpc) is 3.55. The van der Waals surface area contributed by atoms with E-state index in [0.29, 0.717) is 25.5 Å². The summed E-state index contributed by atoms with van der Waals surface area (Å²) in [6.45, 7) is 1.77. The Morgan fingerprint density at radius 1 is 1.16 bits per heavy atom. The van der Waals surface area contributed by atoms with E-state index in [1.54, 1.807) is 30.5 Å². The number of hydrogen-bond donors (Lipinski definition) is 2. The van der Waals surface area contributed by atoms with Crippen LogP contribution in [0.15, 0.2) is 41.1 Å². The normalized spacial score (nSPS) is 29.4. The highest BCUT2D eigenvalue weighted by molar-refractivity contribution is 5.83. The molecule has 0 aromatic carbocycles. The molecule has 2 aromatic rings. The molecular weight excluding hydrogens is 412 g/mol. The van der Waals surface area contributed by atoms with Crippen LogP contribution in [0.2, 0.25) is 0 Å². The molecule has 2 aromatic heterocycles. The maximum absolute atomic E-state index is 13.4. The number of aromatic nitrogens is 2. The SMILES string of the molecule is O=C(O[C@H]1C[N+]2(C(=O)Nc3cccnn3)CCC1CC2)C(O)(c1ccco1)C1CCCC1. The van der Waals surface area contributed by atoms with Crippen LogP contribution in [0.25, 0.3) is 0 Å². The van der Waals surface area contributed by atoms with Crippen molar-refractivity contribution in [3.05, 3.63) is 42.5 Å². The molecule has 9 nitrogen and oxygen atoms in total. The van der Waals surface area contributed by atoms with Crippen LogP contribution < -0.4 is 5.32 Å². The van der Waals surface area contributed by atoms with Gasteiger partial charge in [-0.1, -0.05) is 12.8 Å². The monoisotopic (exact) mass is 441 g/mol. The molecule has 2 amide bonds. The van der Waals surface area contributed by atoms with Gasteiger partial charge in [0, 0.05) is 30.9 Å². The molecule has 6 rings (SSSR count). The highest BCUT2D eigenvalue weighted by atomic mass is 16.6. The number of piperidine rings is 3. The van der Waals surface area contributed by atoms with Crippen LogP contribution >= 0.6 is 0 Å². The molecule has 9 heteroatoms. The van der Waals surface area contributed by atoms with Crippen molar-refractivity contribution < 1.29 is 28.3 Å². The number of aliphatic hydroxyl groups is 1. The van der Waals surface area contributed by atoms with Crippen LogP contribution in [0, 0.1) is 11.8 Å². The van der Waals surface area contributed by atoms with E-state index in [1.165, 1.54) is 6.26 Å². The van der Waals surface area contributed by atoms with Crippen LogP contribution in [0.1, 0.15) is 44.3 Å². The Labute approximate surface area is 186 Å². The van der Waals surface area contributed by atoms with Crippen molar-refractivity contribution in [2.45, 2.75) is 50.2 Å². The van der Waals surface area contributed by atoms with Crippen LogP contribution in [0.3, 0.4) is 0 Å². The third-order valence-corrected chi connectivity index (χ3v) is 7.56. The lowest BCUT2D eigenvalue weighted by atomic mass is 9.82. The van der Waals surface area contributed by atoms with Gasteiger partial charge in [0.15, 0.2) is 11.9 Å². The zero-order valence-corrected chi connectivity index (χ0v) is 18.0. The molecule has 3 saturated heterocycles. The Hall–Kier alpha value is -2.78. The van der Waals surface area contributed by atoms with Crippen molar-refractivity contribution in [1.82, 2.24) is 10.2 Å². The molecule has 170 valence electrons. The van der Waals surface area contributed by atoms with Crippen molar-refractivity contribution in [2.75, 3.05) is 25.0 Å². The summed E-state index contributed by atoms with van der Waals surface area (Å²) >= 11 is 0. The highest BCUT2D eigenvalue weighted by Crippen LogP contribution is 2.43. The van der Waals surface area contributed by atoms with E-state index in [4.69, 9.17) is 9.15 Å². The number of amides is 2. The van der Waals surface area contributed by atoms with Gasteiger partial charge in [-0.2, -0.15) is 5.10 Å². The lowest BCUT2D eigenvalue weighted by Gasteiger charge is -2.49. The summed E-state index contributed by atoms with van der Waals surface area (Å²) < 4.78 is 11.6. The second kappa shape index (κ2) is 8.29. The highest BCUT2D eigenvalue weighted by Gasteiger charge is 2.56. The number of anilines is 1. The first-order valence-corrected chi connectivity index (χ1v) is 11.4. The van der Waals surface area contributed by atoms with E-state index in [0.717, 1.165) is 38.5 Å². The van der Waals surface area contributed by atoms with E-state index in [9.17, 15) is 14.7 Å². The van der Waals surface area contributed by atoms with Gasteiger partial charge in [0.2, 0.25) is 5.60 Å². The van der Waals surface area contributed by atoms with Crippen LogP contribution in [0.5, 0.6) is 0 Å². The summed E-state index contributed by atoms with van der Waals surface area (Å²) in [7, 11) is 0. The Kier molecular flexibility index (Phi) is 5.46. The molecular formula is C23H29N4O5+. The quantitative estimate of drug-likeness (QED) is 0.542. The maximum atomic E-state index is 13.4. The van der Waals surface area contributed by atoms with Crippen molar-refractivity contribution >= 4 is 17.8 Å². The minimum atomic E-state index is -1.79. The van der Waals surface area contributed by atoms with Gasteiger partial charge in [-0.25, -0.2) is 14.1 Å². The Morgan fingerprint density at radius 3 is 2.59 bits per heavy atom. The molecule has 32 heavy (non-hydrogen) atoms. The number of nitrogens with zero attached hydrogens (tertiary/aromatic N) is 3. The third kappa shape index (κ3) is 3.59. The van der Waals surface area contributed by atoms with Gasteiger partial charge < -0.3 is 14.3 Å². The molecule has 1 saturated carbocycles. The summed E-state index contributed by atoms with van der Waals surface area (Å²) in [5.41, 5.74) is -1.79. The predicted molar refractivity (Wildman–Crippen MR) is 113 cm³/mol. The molecule has 1 aliphatic carbocycles. The molecule has 0 spiro atoms. The molecule has 5 heterocycles. The van der Waals surface area contributed by atoms with E-state index < -0.39 is 17.7 Å². The van der Waals surface area contributed by atoms with Gasteiger partial charge in [-0.3, -0.25) is 5.32 Å². The Balaban J connectivity index is 1.34. The Morgan fingerprint density at radius 2 is 1.94 bits per heavy atom. The molecule has 4 fully saturated rings. The first-order valence-electron chi connectivity index (χ1n) is 11.4. The fourth-order valence-corrected chi connectivity index (χ4v) is 5.68. The number of esters is 1. The minimum absolute atomic E-state index is 0.165. The number of quaternary nitrogens is 1. The van der Waals surface area contributed by atoms with Crippen molar-refractivity contribution in [1.29, 1.82) is 0 Å². The largest absolute Gasteiger partial charge is 0.466 e. The number of furan rings is 1. The first kappa shape index (κ1) is 21.1. The number of ether oxygens (including phenoxy) is 1. The molecule has 2 atom stereocenters. The summed E-state index contributed by atoms with van der Waals surface area (Å²) in [5.74, 6) is -0.0664. The van der Waals surface area contributed by atoms with Gasteiger partial charge in [0.05, 0.1) is 19.4 Å².